The van der Waals surface area contributed by atoms with E-state index in [1.165, 1.54) is 0 Å². The van der Waals surface area contributed by atoms with Crippen molar-refractivity contribution >= 4 is 34.8 Å². The summed E-state index contributed by atoms with van der Waals surface area (Å²) in [5.41, 5.74) is 3.11. The van der Waals surface area contributed by atoms with Gasteiger partial charge < -0.3 is 4.42 Å². The summed E-state index contributed by atoms with van der Waals surface area (Å²) in [6, 6.07) is 16.5. The number of benzene rings is 2. The normalized spacial score (nSPS) is 11.2. The molecule has 0 spiro atoms. The van der Waals surface area contributed by atoms with Crippen LogP contribution < -0.4 is 0 Å². The van der Waals surface area contributed by atoms with Crippen LogP contribution >= 0.6 is 34.8 Å². The molecule has 0 atom stereocenters. The first kappa shape index (κ1) is 22.5. The molecule has 0 aliphatic heterocycles. The van der Waals surface area contributed by atoms with Crippen molar-refractivity contribution in [3.8, 4) is 28.5 Å². The van der Waals surface area contributed by atoms with E-state index >= 15 is 0 Å². The van der Waals surface area contributed by atoms with Crippen LogP contribution in [0.4, 0.5) is 0 Å². The maximum Gasteiger partial charge on any atom is 0.249 e. The topological polar surface area (TPSA) is 82.5 Å². The van der Waals surface area contributed by atoms with Gasteiger partial charge in [0.1, 0.15) is 5.82 Å². The molecular weight excluding hydrogens is 495 g/mol. The quantitative estimate of drug-likeness (QED) is 0.261. The summed E-state index contributed by atoms with van der Waals surface area (Å²) in [6.45, 7) is 1.92. The lowest BCUT2D eigenvalue weighted by molar-refractivity contribution is 0.501. The Morgan fingerprint density at radius 3 is 2.47 bits per heavy atom. The summed E-state index contributed by atoms with van der Waals surface area (Å²) in [6.07, 6.45) is 2.66. The Bertz CT molecular complexity index is 1460. The van der Waals surface area contributed by atoms with Crippen LogP contribution in [0.5, 0.6) is 0 Å². The Morgan fingerprint density at radius 2 is 1.71 bits per heavy atom. The van der Waals surface area contributed by atoms with Crippen molar-refractivity contribution in [1.29, 1.82) is 0 Å². The maximum absolute atomic E-state index is 6.53. The number of para-hydroxylation sites is 1. The van der Waals surface area contributed by atoms with Crippen molar-refractivity contribution in [1.82, 2.24) is 29.9 Å². The molecule has 0 amide bonds. The number of rotatable bonds is 6. The van der Waals surface area contributed by atoms with Gasteiger partial charge >= 0.3 is 0 Å². The molecule has 0 unspecified atom stereocenters. The average Bonchev–Trinajstić information content (AvgIpc) is 3.46. The molecular formula is C24H17Cl3N6O. The molecule has 34 heavy (non-hydrogen) atoms. The molecule has 0 aliphatic carbocycles. The van der Waals surface area contributed by atoms with E-state index < -0.39 is 0 Å². The molecule has 0 saturated carbocycles. The summed E-state index contributed by atoms with van der Waals surface area (Å²) < 4.78 is 7.73. The van der Waals surface area contributed by atoms with E-state index in [0.29, 0.717) is 56.9 Å². The zero-order valence-electron chi connectivity index (χ0n) is 17.9. The number of aryl methyl sites for hydroxylation is 3. The third-order valence-electron chi connectivity index (χ3n) is 5.18. The highest BCUT2D eigenvalue weighted by molar-refractivity contribution is 6.36. The Labute approximate surface area is 210 Å². The Balaban J connectivity index is 1.48. The second kappa shape index (κ2) is 9.54. The highest BCUT2D eigenvalue weighted by Gasteiger charge is 2.20. The van der Waals surface area contributed by atoms with E-state index in [2.05, 4.69) is 25.4 Å². The van der Waals surface area contributed by atoms with Crippen molar-refractivity contribution in [2.75, 3.05) is 0 Å². The van der Waals surface area contributed by atoms with E-state index in [9.17, 15) is 0 Å². The summed E-state index contributed by atoms with van der Waals surface area (Å²) in [5.74, 6) is 2.13. The third kappa shape index (κ3) is 4.55. The molecule has 170 valence electrons. The van der Waals surface area contributed by atoms with E-state index in [0.717, 1.165) is 16.9 Å². The molecule has 0 bridgehead atoms. The predicted molar refractivity (Wildman–Crippen MR) is 131 cm³/mol. The third-order valence-corrected chi connectivity index (χ3v) is 6.05. The van der Waals surface area contributed by atoms with Crippen LogP contribution in [-0.4, -0.2) is 29.9 Å². The first-order chi connectivity index (χ1) is 16.5. The fraction of sp³-hybridized carbons (Fsp3) is 0.125. The van der Waals surface area contributed by atoms with Gasteiger partial charge in [-0.05, 0) is 49.4 Å². The minimum Gasteiger partial charge on any atom is -0.421 e. The van der Waals surface area contributed by atoms with Gasteiger partial charge in [0.2, 0.25) is 11.8 Å². The largest absolute Gasteiger partial charge is 0.421 e. The number of aromatic nitrogens is 6. The number of nitrogens with zero attached hydrogens (tertiary/aromatic N) is 6. The molecule has 0 fully saturated rings. The summed E-state index contributed by atoms with van der Waals surface area (Å²) in [5, 5.41) is 18.7. The summed E-state index contributed by atoms with van der Waals surface area (Å²) in [4.78, 5) is 4.27. The van der Waals surface area contributed by atoms with Crippen molar-refractivity contribution in [3.63, 3.8) is 0 Å². The standard InChI is InChI=1S/C24H17Cl3N6O/c1-14-6-7-15(13-28-14)24-32-30-22(34-24)11-10-21-29-31-23(17-9-8-16(25)12-19(17)27)33(21)20-5-3-2-4-18(20)26/h2-9,12-13H,10-11H2,1H3. The highest BCUT2D eigenvalue weighted by atomic mass is 35.5. The van der Waals surface area contributed by atoms with Crippen LogP contribution in [0.2, 0.25) is 15.1 Å². The van der Waals surface area contributed by atoms with Gasteiger partial charge in [-0.15, -0.1) is 20.4 Å². The van der Waals surface area contributed by atoms with Gasteiger partial charge in [0.25, 0.3) is 0 Å². The molecule has 7 nitrogen and oxygen atoms in total. The van der Waals surface area contributed by atoms with Crippen molar-refractivity contribution < 1.29 is 4.42 Å². The van der Waals surface area contributed by atoms with E-state index in [-0.39, 0.29) is 0 Å². The second-order valence-corrected chi connectivity index (χ2v) is 8.79. The summed E-state index contributed by atoms with van der Waals surface area (Å²) >= 11 is 19.1. The zero-order valence-corrected chi connectivity index (χ0v) is 20.2. The van der Waals surface area contributed by atoms with Gasteiger partial charge in [-0.1, -0.05) is 46.9 Å². The number of halogens is 3. The fourth-order valence-electron chi connectivity index (χ4n) is 3.49. The molecule has 3 aromatic heterocycles. The van der Waals surface area contributed by atoms with Gasteiger partial charge in [0.05, 0.1) is 21.3 Å². The fourth-order valence-corrected chi connectivity index (χ4v) is 4.21. The van der Waals surface area contributed by atoms with Crippen LogP contribution in [0.25, 0.3) is 28.5 Å². The predicted octanol–water partition coefficient (Wildman–Crippen LogP) is 6.43. The zero-order chi connectivity index (χ0) is 23.7. The van der Waals surface area contributed by atoms with Gasteiger partial charge in [0.15, 0.2) is 5.82 Å². The second-order valence-electron chi connectivity index (χ2n) is 7.54. The first-order valence-corrected chi connectivity index (χ1v) is 11.5. The van der Waals surface area contributed by atoms with E-state index in [1.54, 1.807) is 18.3 Å². The summed E-state index contributed by atoms with van der Waals surface area (Å²) in [7, 11) is 0. The first-order valence-electron chi connectivity index (χ1n) is 10.4. The molecule has 2 aromatic carbocycles. The number of pyridine rings is 1. The van der Waals surface area contributed by atoms with Crippen LogP contribution in [0.3, 0.4) is 0 Å². The number of hydrogen-bond donors (Lipinski definition) is 0. The molecule has 0 N–H and O–H groups in total. The molecule has 10 heteroatoms. The van der Waals surface area contributed by atoms with Crippen LogP contribution in [0.15, 0.2) is 65.2 Å². The smallest absolute Gasteiger partial charge is 0.249 e. The Morgan fingerprint density at radius 1 is 0.853 bits per heavy atom. The van der Waals surface area contributed by atoms with Crippen molar-refractivity contribution in [2.24, 2.45) is 0 Å². The highest BCUT2D eigenvalue weighted by Crippen LogP contribution is 2.33. The Hall–Kier alpha value is -3.26. The lowest BCUT2D eigenvalue weighted by Crippen LogP contribution is -2.06. The maximum atomic E-state index is 6.53. The monoisotopic (exact) mass is 510 g/mol. The molecule has 3 heterocycles. The molecule has 0 radical (unpaired) electrons. The lowest BCUT2D eigenvalue weighted by atomic mass is 10.2. The Kier molecular flexibility index (Phi) is 6.32. The van der Waals surface area contributed by atoms with Crippen LogP contribution in [0, 0.1) is 6.92 Å². The van der Waals surface area contributed by atoms with Gasteiger partial charge in [-0.2, -0.15) is 0 Å². The van der Waals surface area contributed by atoms with Gasteiger partial charge in [0, 0.05) is 35.3 Å². The van der Waals surface area contributed by atoms with Crippen molar-refractivity contribution in [3.05, 3.63) is 93.3 Å². The van der Waals surface area contributed by atoms with Crippen LogP contribution in [-0.2, 0) is 12.8 Å². The van der Waals surface area contributed by atoms with Gasteiger partial charge in [-0.3, -0.25) is 9.55 Å². The van der Waals surface area contributed by atoms with E-state index in [4.69, 9.17) is 39.2 Å². The molecule has 5 aromatic rings. The lowest BCUT2D eigenvalue weighted by Gasteiger charge is -2.13. The minimum absolute atomic E-state index is 0.420. The SMILES string of the molecule is Cc1ccc(-c2nnc(CCc3nnc(-c4ccc(Cl)cc4Cl)n3-c3ccccc3Cl)o2)cn1. The molecule has 0 saturated heterocycles. The van der Waals surface area contributed by atoms with Gasteiger partial charge in [-0.25, -0.2) is 0 Å². The van der Waals surface area contributed by atoms with E-state index in [1.807, 2.05) is 54.0 Å². The molecule has 0 aliphatic rings. The number of hydrogen-bond acceptors (Lipinski definition) is 6. The minimum atomic E-state index is 0.420. The average molecular weight is 512 g/mol. The molecule has 5 rings (SSSR count). The van der Waals surface area contributed by atoms with Crippen LogP contribution in [0.1, 0.15) is 17.4 Å². The van der Waals surface area contributed by atoms with Crippen molar-refractivity contribution in [2.45, 2.75) is 19.8 Å².